The summed E-state index contributed by atoms with van der Waals surface area (Å²) in [5, 5.41) is 18.0. The highest BCUT2D eigenvalue weighted by Gasteiger charge is 2.27. The maximum absolute atomic E-state index is 12.6. The van der Waals surface area contributed by atoms with Gasteiger partial charge in [0.25, 0.3) is 0 Å². The van der Waals surface area contributed by atoms with Crippen LogP contribution in [0.5, 0.6) is 0 Å². The molecule has 8 nitrogen and oxygen atoms in total. The van der Waals surface area contributed by atoms with Gasteiger partial charge in [-0.3, -0.25) is 4.79 Å². The van der Waals surface area contributed by atoms with E-state index in [9.17, 15) is 9.90 Å². The summed E-state index contributed by atoms with van der Waals surface area (Å²) >= 11 is 0. The Morgan fingerprint density at radius 1 is 0.884 bits per heavy atom. The summed E-state index contributed by atoms with van der Waals surface area (Å²) < 4.78 is 0. The average molecular weight is 577 g/mol. The molecule has 8 heteroatoms. The number of H-pyrrole nitrogens is 4. The van der Waals surface area contributed by atoms with Crippen LogP contribution < -0.4 is 32.4 Å². The Morgan fingerprint density at radius 3 is 2.28 bits per heavy atom. The maximum atomic E-state index is 12.6. The Morgan fingerprint density at radius 2 is 1.56 bits per heavy atom. The minimum absolute atomic E-state index is 0.0350. The first-order valence-electron chi connectivity index (χ1n) is 15.0. The molecule has 4 aromatic heterocycles. The van der Waals surface area contributed by atoms with Gasteiger partial charge in [-0.2, -0.15) is 0 Å². The number of hydrogen-bond donors (Lipinski definition) is 7. The molecule has 8 N–H and O–H groups in total. The second kappa shape index (κ2) is 10.9. The third-order valence-corrected chi connectivity index (χ3v) is 9.09. The summed E-state index contributed by atoms with van der Waals surface area (Å²) in [4.78, 5) is 27.2. The summed E-state index contributed by atoms with van der Waals surface area (Å²) in [7, 11) is 0. The van der Waals surface area contributed by atoms with E-state index in [1.807, 2.05) is 19.1 Å². The van der Waals surface area contributed by atoms with Gasteiger partial charge in [0.1, 0.15) is 5.76 Å². The third kappa shape index (κ3) is 4.62. The molecule has 0 saturated carbocycles. The van der Waals surface area contributed by atoms with Crippen LogP contribution in [0.4, 0.5) is 0 Å². The Balaban J connectivity index is 1.70. The van der Waals surface area contributed by atoms with Gasteiger partial charge in [0.2, 0.25) is 5.91 Å². The largest absolute Gasteiger partial charge is 0.507 e. The van der Waals surface area contributed by atoms with Gasteiger partial charge in [0.05, 0.1) is 11.0 Å². The molecule has 0 fully saturated rings. The first-order chi connectivity index (χ1) is 20.7. The van der Waals surface area contributed by atoms with Crippen LogP contribution in [0.25, 0.3) is 35.6 Å². The Labute approximate surface area is 250 Å². The van der Waals surface area contributed by atoms with Gasteiger partial charge >= 0.3 is 0 Å². The van der Waals surface area contributed by atoms with Crippen molar-refractivity contribution in [2.24, 2.45) is 5.73 Å². The predicted octanol–water partition coefficient (Wildman–Crippen LogP) is 2.36. The molecular weight excluding hydrogens is 536 g/mol. The summed E-state index contributed by atoms with van der Waals surface area (Å²) in [6.07, 6.45) is 11.9. The van der Waals surface area contributed by atoms with Gasteiger partial charge in [-0.05, 0) is 98.2 Å². The second-order valence-electron chi connectivity index (χ2n) is 11.6. The lowest BCUT2D eigenvalue weighted by molar-refractivity contribution is -0.121. The normalized spacial score (nSPS) is 17.0. The van der Waals surface area contributed by atoms with Crippen molar-refractivity contribution in [2.75, 3.05) is 13.1 Å². The quantitative estimate of drug-likeness (QED) is 0.182. The average Bonchev–Trinajstić information content (AvgIpc) is 3.73. The number of amides is 1. The minimum Gasteiger partial charge on any atom is -0.507 e. The highest BCUT2D eigenvalue weighted by atomic mass is 16.3. The van der Waals surface area contributed by atoms with Crippen molar-refractivity contribution in [2.45, 2.75) is 53.9 Å². The fourth-order valence-electron chi connectivity index (χ4n) is 6.65. The van der Waals surface area contributed by atoms with Gasteiger partial charge in [-0.1, -0.05) is 19.6 Å². The zero-order valence-electron chi connectivity index (χ0n) is 25.6. The lowest BCUT2D eigenvalue weighted by atomic mass is 10.0. The van der Waals surface area contributed by atoms with Crippen molar-refractivity contribution >= 4 is 41.5 Å². The number of hydrogen-bond acceptors (Lipinski definition) is 3. The summed E-state index contributed by atoms with van der Waals surface area (Å²) in [6, 6.07) is 0. The molecule has 0 saturated heterocycles. The van der Waals surface area contributed by atoms with E-state index in [1.165, 1.54) is 11.1 Å². The molecule has 43 heavy (non-hydrogen) atoms. The topological polar surface area (TPSA) is 139 Å². The number of rotatable bonds is 7. The van der Waals surface area contributed by atoms with Crippen LogP contribution in [0.2, 0.25) is 0 Å². The molecular formula is C35H40N6O2. The number of aliphatic hydroxyl groups is 1. The van der Waals surface area contributed by atoms with Crippen molar-refractivity contribution in [1.29, 1.82) is 0 Å². The standard InChI is InChI=1S/C35H40N6O2/c1-7-21-17(3)25-14-27-19(5)23(9-10-32(43)37-12-11-36)34(40-27)24-13-31(42)33-20(6)28(41-35(24)33)16-30-22(8-2)18(4)26(39-30)15-29(21)38-25/h7,13-16,38-42H,1,8-12,36H2,2-6H3,(H,37,43)/b25-14?,26-15-,27-14-,28-16?,29-15?,30-16-,34-24-. The van der Waals surface area contributed by atoms with E-state index in [-0.39, 0.29) is 11.7 Å². The van der Waals surface area contributed by atoms with E-state index in [0.717, 1.165) is 89.5 Å². The van der Waals surface area contributed by atoms with Gasteiger partial charge in [-0.25, -0.2) is 0 Å². The molecule has 1 amide bonds. The number of aliphatic hydroxyl groups excluding tert-OH is 1. The van der Waals surface area contributed by atoms with E-state index in [0.29, 0.717) is 25.9 Å². The Hall–Kier alpha value is -4.69. The molecule has 4 aromatic rings. The molecule has 1 aliphatic carbocycles. The first kappa shape index (κ1) is 28.4. The number of fused-ring (bicyclic) bond motifs is 7. The number of carbonyl (C=O) groups is 1. The lowest BCUT2D eigenvalue weighted by Gasteiger charge is -2.05. The zero-order chi connectivity index (χ0) is 30.6. The lowest BCUT2D eigenvalue weighted by Crippen LogP contribution is -2.29. The molecule has 6 rings (SSSR count). The third-order valence-electron chi connectivity index (χ3n) is 9.09. The number of carbonyl (C=O) groups excluding carboxylic acids is 1. The fourth-order valence-corrected chi connectivity index (χ4v) is 6.65. The van der Waals surface area contributed by atoms with Crippen LogP contribution in [0.15, 0.2) is 12.7 Å². The summed E-state index contributed by atoms with van der Waals surface area (Å²) in [5.74, 6) is 0.198. The molecule has 2 aliphatic rings. The molecule has 222 valence electrons. The SMILES string of the molecule is C=Cc1c2[nH]c(c1C)/C=c1\[nH]/c(c(CCC(=O)NCCN)c1C)=C1/C=C(O)c3c1[nH]c(c3C)/C=c1\[nH]/c(c(C)c1CC)=C\2. The molecule has 0 spiro atoms. The van der Waals surface area contributed by atoms with Crippen molar-refractivity contribution in [3.05, 3.63) is 101 Å². The van der Waals surface area contributed by atoms with Gasteiger partial charge in [0.15, 0.2) is 0 Å². The van der Waals surface area contributed by atoms with E-state index in [2.05, 4.69) is 77.8 Å². The van der Waals surface area contributed by atoms with Crippen LogP contribution in [0.3, 0.4) is 0 Å². The first-order valence-corrected chi connectivity index (χ1v) is 15.0. The second-order valence-corrected chi connectivity index (χ2v) is 11.6. The Kier molecular flexibility index (Phi) is 7.18. The van der Waals surface area contributed by atoms with Crippen molar-refractivity contribution < 1.29 is 9.90 Å². The molecule has 5 heterocycles. The molecule has 0 radical (unpaired) electrons. The van der Waals surface area contributed by atoms with Crippen LogP contribution >= 0.6 is 0 Å². The van der Waals surface area contributed by atoms with E-state index in [1.54, 1.807) is 0 Å². The fraction of sp³-hybridized carbons (Fsp3) is 0.286. The summed E-state index contributed by atoms with van der Waals surface area (Å²) in [6.45, 7) is 15.5. The molecule has 8 bridgehead atoms. The van der Waals surface area contributed by atoms with Gasteiger partial charge in [-0.15, -0.1) is 0 Å². The van der Waals surface area contributed by atoms with Crippen molar-refractivity contribution in [3.63, 3.8) is 0 Å². The smallest absolute Gasteiger partial charge is 0.220 e. The maximum Gasteiger partial charge on any atom is 0.220 e. The van der Waals surface area contributed by atoms with Crippen molar-refractivity contribution in [1.82, 2.24) is 25.3 Å². The van der Waals surface area contributed by atoms with E-state index in [4.69, 9.17) is 5.73 Å². The van der Waals surface area contributed by atoms with Crippen LogP contribution in [-0.4, -0.2) is 44.0 Å². The van der Waals surface area contributed by atoms with E-state index >= 15 is 0 Å². The molecule has 0 aromatic carbocycles. The number of aromatic amines is 4. The van der Waals surface area contributed by atoms with Gasteiger partial charge in [0, 0.05) is 69.3 Å². The molecule has 1 aliphatic heterocycles. The Bertz CT molecular complexity index is 2090. The number of nitrogens with two attached hydrogens (primary N) is 1. The molecule has 0 unspecified atom stereocenters. The number of nitrogens with one attached hydrogen (secondary N) is 5. The number of allylic oxidation sites excluding steroid dienone is 1. The summed E-state index contributed by atoms with van der Waals surface area (Å²) in [5.41, 5.74) is 18.8. The van der Waals surface area contributed by atoms with Crippen LogP contribution in [-0.2, 0) is 17.6 Å². The van der Waals surface area contributed by atoms with Crippen LogP contribution in [0.1, 0.15) is 80.6 Å². The predicted molar refractivity (Wildman–Crippen MR) is 174 cm³/mol. The highest BCUT2D eigenvalue weighted by Crippen LogP contribution is 2.36. The van der Waals surface area contributed by atoms with Gasteiger partial charge < -0.3 is 36.1 Å². The monoisotopic (exact) mass is 576 g/mol. The highest BCUT2D eigenvalue weighted by molar-refractivity contribution is 5.94. The minimum atomic E-state index is -0.0350. The van der Waals surface area contributed by atoms with E-state index < -0.39 is 0 Å². The number of aromatic nitrogens is 4. The zero-order valence-corrected chi connectivity index (χ0v) is 25.6. The molecule has 0 atom stereocenters. The van der Waals surface area contributed by atoms with Crippen molar-refractivity contribution in [3.8, 4) is 0 Å². The van der Waals surface area contributed by atoms with Crippen LogP contribution in [0, 0.1) is 27.7 Å².